The summed E-state index contributed by atoms with van der Waals surface area (Å²) in [7, 11) is 0. The van der Waals surface area contributed by atoms with E-state index in [9.17, 15) is 0 Å². The lowest BCUT2D eigenvalue weighted by atomic mass is 10.0. The minimum Gasteiger partial charge on any atom is -0.314 e. The van der Waals surface area contributed by atoms with Crippen molar-refractivity contribution in [2.75, 3.05) is 5.75 Å². The van der Waals surface area contributed by atoms with Crippen LogP contribution in [0.1, 0.15) is 19.0 Å². The molecular weight excluding hydrogens is 208 g/mol. The number of aryl methyl sites for hydroxylation is 1. The third-order valence-electron chi connectivity index (χ3n) is 1.88. The standard InChI is InChI=1S/C10H14N4S/c1-8-3-5-13-9(14-8)15-6-4-10(2,12)7-11/h3,5H,4,6,12H2,1-2H3. The number of nitrogens with two attached hydrogens (primary N) is 1. The molecule has 0 amide bonds. The van der Waals surface area contributed by atoms with Gasteiger partial charge in [0.05, 0.1) is 6.07 Å². The van der Waals surface area contributed by atoms with Crippen molar-refractivity contribution in [2.45, 2.75) is 31.0 Å². The molecule has 1 rings (SSSR count). The third kappa shape index (κ3) is 4.28. The topological polar surface area (TPSA) is 75.6 Å². The van der Waals surface area contributed by atoms with E-state index < -0.39 is 5.54 Å². The Kier molecular flexibility index (Phi) is 4.06. The van der Waals surface area contributed by atoms with E-state index in [1.54, 1.807) is 13.1 Å². The maximum Gasteiger partial charge on any atom is 0.187 e. The average Bonchev–Trinajstić information content (AvgIpc) is 2.18. The van der Waals surface area contributed by atoms with Crippen LogP contribution in [0.15, 0.2) is 17.4 Å². The molecule has 0 saturated heterocycles. The van der Waals surface area contributed by atoms with Crippen molar-refractivity contribution in [3.63, 3.8) is 0 Å². The highest BCUT2D eigenvalue weighted by Crippen LogP contribution is 2.16. The molecule has 0 fully saturated rings. The highest BCUT2D eigenvalue weighted by atomic mass is 32.2. The fourth-order valence-electron chi connectivity index (χ4n) is 0.906. The van der Waals surface area contributed by atoms with E-state index in [2.05, 4.69) is 16.0 Å². The lowest BCUT2D eigenvalue weighted by molar-refractivity contribution is 0.583. The molecule has 2 N–H and O–H groups in total. The van der Waals surface area contributed by atoms with Gasteiger partial charge in [0.15, 0.2) is 5.16 Å². The maximum atomic E-state index is 8.72. The van der Waals surface area contributed by atoms with Crippen molar-refractivity contribution in [1.82, 2.24) is 9.97 Å². The Morgan fingerprint density at radius 3 is 3.00 bits per heavy atom. The number of nitrogens with zero attached hydrogens (tertiary/aromatic N) is 3. The largest absolute Gasteiger partial charge is 0.314 e. The van der Waals surface area contributed by atoms with Crippen LogP contribution in [0.3, 0.4) is 0 Å². The maximum absolute atomic E-state index is 8.72. The molecule has 5 heteroatoms. The zero-order valence-electron chi connectivity index (χ0n) is 8.90. The Morgan fingerprint density at radius 2 is 2.40 bits per heavy atom. The Bertz CT molecular complexity index is 370. The van der Waals surface area contributed by atoms with Gasteiger partial charge in [0.2, 0.25) is 0 Å². The lowest BCUT2D eigenvalue weighted by Crippen LogP contribution is -2.34. The molecule has 1 heterocycles. The van der Waals surface area contributed by atoms with Gasteiger partial charge in [0, 0.05) is 17.6 Å². The number of rotatable bonds is 4. The van der Waals surface area contributed by atoms with Gasteiger partial charge < -0.3 is 5.73 Å². The van der Waals surface area contributed by atoms with E-state index in [-0.39, 0.29) is 0 Å². The molecule has 0 spiro atoms. The highest BCUT2D eigenvalue weighted by molar-refractivity contribution is 7.99. The van der Waals surface area contributed by atoms with Gasteiger partial charge in [-0.05, 0) is 26.3 Å². The van der Waals surface area contributed by atoms with Crippen LogP contribution < -0.4 is 5.73 Å². The van der Waals surface area contributed by atoms with Crippen LogP contribution in [0, 0.1) is 18.3 Å². The normalized spacial score (nSPS) is 14.3. The number of nitriles is 1. The van der Waals surface area contributed by atoms with Crippen molar-refractivity contribution in [3.05, 3.63) is 18.0 Å². The van der Waals surface area contributed by atoms with Gasteiger partial charge >= 0.3 is 0 Å². The Hall–Kier alpha value is -1.12. The quantitative estimate of drug-likeness (QED) is 0.617. The predicted molar refractivity (Wildman–Crippen MR) is 60.3 cm³/mol. The second-order valence-corrected chi connectivity index (χ2v) is 4.67. The molecule has 0 saturated carbocycles. The van der Waals surface area contributed by atoms with Gasteiger partial charge in [0.25, 0.3) is 0 Å². The Balaban J connectivity index is 2.42. The zero-order chi connectivity index (χ0) is 11.3. The third-order valence-corrected chi connectivity index (χ3v) is 2.74. The van der Waals surface area contributed by atoms with Crippen molar-refractivity contribution < 1.29 is 0 Å². The van der Waals surface area contributed by atoms with Crippen molar-refractivity contribution in [2.24, 2.45) is 5.73 Å². The first-order valence-electron chi connectivity index (χ1n) is 4.66. The predicted octanol–water partition coefficient (Wildman–Crippen LogP) is 1.51. The number of thioether (sulfide) groups is 1. The highest BCUT2D eigenvalue weighted by Gasteiger charge is 2.16. The molecule has 0 aliphatic heterocycles. The molecule has 80 valence electrons. The van der Waals surface area contributed by atoms with Gasteiger partial charge in [-0.25, -0.2) is 9.97 Å². The summed E-state index contributed by atoms with van der Waals surface area (Å²) in [5.41, 5.74) is 5.89. The number of hydrogen-bond acceptors (Lipinski definition) is 5. The van der Waals surface area contributed by atoms with Crippen LogP contribution in [-0.2, 0) is 0 Å². The Labute approximate surface area is 93.9 Å². The first-order chi connectivity index (χ1) is 7.03. The summed E-state index contributed by atoms with van der Waals surface area (Å²) in [4.78, 5) is 8.36. The van der Waals surface area contributed by atoms with E-state index in [0.29, 0.717) is 6.42 Å². The van der Waals surface area contributed by atoms with Crippen LogP contribution in [0.4, 0.5) is 0 Å². The van der Waals surface area contributed by atoms with Crippen LogP contribution in [0.5, 0.6) is 0 Å². The van der Waals surface area contributed by atoms with E-state index in [1.165, 1.54) is 11.8 Å². The molecule has 4 nitrogen and oxygen atoms in total. The summed E-state index contributed by atoms with van der Waals surface area (Å²) in [5, 5.41) is 9.46. The molecule has 0 aliphatic rings. The molecular formula is C10H14N4S. The molecule has 0 radical (unpaired) electrons. The second kappa shape index (κ2) is 5.10. The average molecular weight is 222 g/mol. The van der Waals surface area contributed by atoms with Crippen molar-refractivity contribution in [3.8, 4) is 6.07 Å². The van der Waals surface area contributed by atoms with E-state index >= 15 is 0 Å². The molecule has 1 atom stereocenters. The van der Waals surface area contributed by atoms with Crippen LogP contribution in [-0.4, -0.2) is 21.3 Å². The summed E-state index contributed by atoms with van der Waals surface area (Å²) in [6, 6.07) is 3.92. The van der Waals surface area contributed by atoms with E-state index in [0.717, 1.165) is 16.6 Å². The van der Waals surface area contributed by atoms with Crippen molar-refractivity contribution >= 4 is 11.8 Å². The number of aromatic nitrogens is 2. The summed E-state index contributed by atoms with van der Waals surface area (Å²) >= 11 is 1.52. The van der Waals surface area contributed by atoms with Crippen LogP contribution >= 0.6 is 11.8 Å². The van der Waals surface area contributed by atoms with Crippen LogP contribution in [0.2, 0.25) is 0 Å². The van der Waals surface area contributed by atoms with E-state index in [1.807, 2.05) is 13.0 Å². The van der Waals surface area contributed by atoms with Gasteiger partial charge in [0.1, 0.15) is 5.54 Å². The number of hydrogen-bond donors (Lipinski definition) is 1. The van der Waals surface area contributed by atoms with Crippen molar-refractivity contribution in [1.29, 1.82) is 5.26 Å². The molecule has 15 heavy (non-hydrogen) atoms. The zero-order valence-corrected chi connectivity index (χ0v) is 9.71. The fourth-order valence-corrected chi connectivity index (χ4v) is 1.96. The lowest BCUT2D eigenvalue weighted by Gasteiger charge is -2.13. The van der Waals surface area contributed by atoms with Gasteiger partial charge in [-0.15, -0.1) is 0 Å². The SMILES string of the molecule is Cc1ccnc(SCCC(C)(N)C#N)n1. The van der Waals surface area contributed by atoms with Gasteiger partial charge in [-0.2, -0.15) is 5.26 Å². The van der Waals surface area contributed by atoms with Gasteiger partial charge in [-0.1, -0.05) is 11.8 Å². The monoisotopic (exact) mass is 222 g/mol. The first-order valence-corrected chi connectivity index (χ1v) is 5.65. The minimum absolute atomic E-state index is 0.630. The summed E-state index contributed by atoms with van der Waals surface area (Å²) < 4.78 is 0. The van der Waals surface area contributed by atoms with E-state index in [4.69, 9.17) is 11.0 Å². The summed E-state index contributed by atoms with van der Waals surface area (Å²) in [5.74, 6) is 0.754. The fraction of sp³-hybridized carbons (Fsp3) is 0.500. The summed E-state index contributed by atoms with van der Waals surface area (Å²) in [6.45, 7) is 3.65. The van der Waals surface area contributed by atoms with Gasteiger partial charge in [-0.3, -0.25) is 0 Å². The second-order valence-electron chi connectivity index (χ2n) is 3.61. The van der Waals surface area contributed by atoms with Crippen LogP contribution in [0.25, 0.3) is 0 Å². The Morgan fingerprint density at radius 1 is 1.67 bits per heavy atom. The molecule has 0 aliphatic carbocycles. The first kappa shape index (κ1) is 12.0. The molecule has 0 aromatic carbocycles. The minimum atomic E-state index is -0.753. The molecule has 1 aromatic heterocycles. The molecule has 1 unspecified atom stereocenters. The molecule has 1 aromatic rings. The smallest absolute Gasteiger partial charge is 0.187 e. The molecule has 0 bridgehead atoms. The summed E-state index contributed by atoms with van der Waals surface area (Å²) in [6.07, 6.45) is 2.36.